The van der Waals surface area contributed by atoms with E-state index >= 15 is 0 Å². The number of amides is 1. The summed E-state index contributed by atoms with van der Waals surface area (Å²) in [7, 11) is 0. The number of ether oxygens (including phenoxy) is 1. The summed E-state index contributed by atoms with van der Waals surface area (Å²) >= 11 is 9.69. The summed E-state index contributed by atoms with van der Waals surface area (Å²) in [5.41, 5.74) is 3.13. The first-order valence-corrected chi connectivity index (χ1v) is 12.0. The Kier molecular flexibility index (Phi) is 8.04. The topological polar surface area (TPSA) is 53.0 Å². The molecule has 1 saturated heterocycles. The van der Waals surface area contributed by atoms with Crippen molar-refractivity contribution in [1.29, 1.82) is 0 Å². The maximum Gasteiger partial charge on any atom is 0.410 e. The first-order valence-electron chi connectivity index (χ1n) is 10.8. The molecular weight excluding hydrogens is 504 g/mol. The summed E-state index contributed by atoms with van der Waals surface area (Å²) in [6.45, 7) is 2.09. The highest BCUT2D eigenvalue weighted by Crippen LogP contribution is 2.25. The third-order valence-electron chi connectivity index (χ3n) is 5.82. The number of aliphatic hydroxyl groups excluding tert-OH is 1. The smallest absolute Gasteiger partial charge is 0.410 e. The minimum atomic E-state index is -0.677. The molecule has 2 atom stereocenters. The van der Waals surface area contributed by atoms with E-state index in [1.807, 2.05) is 72.8 Å². The predicted molar refractivity (Wildman–Crippen MR) is 133 cm³/mol. The standard InChI is InChI=1S/C26H26BrClN2O3/c27-23-9-5-4-8-21(23)15-29(14-19-10-12-22(28)13-11-19)24-16-30(17-25(24)31)26(32)33-18-20-6-2-1-3-7-20/h1-13,24-25,31H,14-18H2/t24-,25-/m1/s1. The van der Waals surface area contributed by atoms with Crippen LogP contribution in [0.2, 0.25) is 5.02 Å². The Hall–Kier alpha value is -2.38. The number of nitrogens with zero attached hydrogens (tertiary/aromatic N) is 2. The average molecular weight is 530 g/mol. The number of likely N-dealkylation sites (tertiary alicyclic amines) is 1. The summed E-state index contributed by atoms with van der Waals surface area (Å²) in [5.74, 6) is 0. The number of carbonyl (C=O) groups is 1. The Morgan fingerprint density at radius 3 is 2.39 bits per heavy atom. The predicted octanol–water partition coefficient (Wildman–Crippen LogP) is 5.49. The van der Waals surface area contributed by atoms with Crippen molar-refractivity contribution in [2.75, 3.05) is 13.1 Å². The highest BCUT2D eigenvalue weighted by atomic mass is 79.9. The monoisotopic (exact) mass is 528 g/mol. The van der Waals surface area contributed by atoms with Gasteiger partial charge in [-0.2, -0.15) is 0 Å². The molecule has 172 valence electrons. The zero-order chi connectivity index (χ0) is 23.2. The molecular formula is C26H26BrClN2O3. The maximum atomic E-state index is 12.7. The zero-order valence-electron chi connectivity index (χ0n) is 18.1. The molecule has 0 aliphatic carbocycles. The third-order valence-corrected chi connectivity index (χ3v) is 6.85. The van der Waals surface area contributed by atoms with Crippen LogP contribution < -0.4 is 0 Å². The normalized spacial score (nSPS) is 18.0. The van der Waals surface area contributed by atoms with Crippen LogP contribution in [0.25, 0.3) is 0 Å². The van der Waals surface area contributed by atoms with Gasteiger partial charge >= 0.3 is 6.09 Å². The Labute approximate surface area is 207 Å². The number of hydrogen-bond acceptors (Lipinski definition) is 4. The van der Waals surface area contributed by atoms with Crippen LogP contribution in [0.5, 0.6) is 0 Å². The van der Waals surface area contributed by atoms with Gasteiger partial charge in [-0.1, -0.05) is 88.2 Å². The summed E-state index contributed by atoms with van der Waals surface area (Å²) in [5, 5.41) is 11.6. The molecule has 1 amide bonds. The van der Waals surface area contributed by atoms with Gasteiger partial charge < -0.3 is 14.7 Å². The molecule has 0 unspecified atom stereocenters. The van der Waals surface area contributed by atoms with E-state index in [1.165, 1.54) is 0 Å². The maximum absolute atomic E-state index is 12.7. The van der Waals surface area contributed by atoms with Gasteiger partial charge in [-0.05, 0) is 34.9 Å². The number of benzene rings is 3. The number of rotatable bonds is 7. The van der Waals surface area contributed by atoms with E-state index in [0.717, 1.165) is 21.2 Å². The van der Waals surface area contributed by atoms with E-state index in [2.05, 4.69) is 26.9 Å². The molecule has 0 aromatic heterocycles. The molecule has 1 fully saturated rings. The number of hydrogen-bond donors (Lipinski definition) is 1. The molecule has 1 N–H and O–H groups in total. The molecule has 5 nitrogen and oxygen atoms in total. The Morgan fingerprint density at radius 1 is 0.970 bits per heavy atom. The van der Waals surface area contributed by atoms with Gasteiger partial charge in [0.05, 0.1) is 18.7 Å². The molecule has 0 bridgehead atoms. The molecule has 3 aromatic rings. The zero-order valence-corrected chi connectivity index (χ0v) is 20.5. The van der Waals surface area contributed by atoms with Crippen molar-refractivity contribution in [3.05, 3.63) is 105 Å². The second kappa shape index (κ2) is 11.2. The molecule has 1 aliphatic heterocycles. The van der Waals surface area contributed by atoms with Crippen molar-refractivity contribution in [3.63, 3.8) is 0 Å². The summed E-state index contributed by atoms with van der Waals surface area (Å²) in [6, 6.07) is 25.1. The van der Waals surface area contributed by atoms with Crippen LogP contribution in [0.1, 0.15) is 16.7 Å². The summed E-state index contributed by atoms with van der Waals surface area (Å²) < 4.78 is 6.50. The van der Waals surface area contributed by atoms with Gasteiger partial charge in [-0.3, -0.25) is 4.90 Å². The van der Waals surface area contributed by atoms with Crippen molar-refractivity contribution in [1.82, 2.24) is 9.80 Å². The lowest BCUT2D eigenvalue weighted by molar-refractivity contribution is 0.0727. The molecule has 1 aliphatic rings. The van der Waals surface area contributed by atoms with Gasteiger partial charge in [0.15, 0.2) is 0 Å². The fraction of sp³-hybridized carbons (Fsp3) is 0.269. The Balaban J connectivity index is 1.47. The molecule has 0 spiro atoms. The van der Waals surface area contributed by atoms with Crippen molar-refractivity contribution in [2.45, 2.75) is 31.8 Å². The highest BCUT2D eigenvalue weighted by Gasteiger charge is 2.38. The van der Waals surface area contributed by atoms with Gasteiger partial charge in [0.25, 0.3) is 0 Å². The van der Waals surface area contributed by atoms with Crippen LogP contribution in [0.3, 0.4) is 0 Å². The van der Waals surface area contributed by atoms with Crippen LogP contribution in [-0.2, 0) is 24.4 Å². The largest absolute Gasteiger partial charge is 0.445 e. The van der Waals surface area contributed by atoms with E-state index < -0.39 is 12.2 Å². The quantitative estimate of drug-likeness (QED) is 0.440. The minimum Gasteiger partial charge on any atom is -0.445 e. The van der Waals surface area contributed by atoms with Crippen molar-refractivity contribution in [2.24, 2.45) is 0 Å². The number of halogens is 2. The second-order valence-electron chi connectivity index (χ2n) is 8.20. The number of carbonyl (C=O) groups excluding carboxylic acids is 1. The van der Waals surface area contributed by atoms with Gasteiger partial charge in [-0.15, -0.1) is 0 Å². The molecule has 4 rings (SSSR count). The van der Waals surface area contributed by atoms with Gasteiger partial charge in [0, 0.05) is 29.1 Å². The van der Waals surface area contributed by atoms with E-state index in [0.29, 0.717) is 24.7 Å². The van der Waals surface area contributed by atoms with Crippen LogP contribution in [0.4, 0.5) is 4.79 Å². The van der Waals surface area contributed by atoms with Crippen molar-refractivity contribution >= 4 is 33.6 Å². The molecule has 33 heavy (non-hydrogen) atoms. The average Bonchev–Trinajstić information content (AvgIpc) is 3.22. The highest BCUT2D eigenvalue weighted by molar-refractivity contribution is 9.10. The van der Waals surface area contributed by atoms with Gasteiger partial charge in [0.2, 0.25) is 0 Å². The first kappa shape index (κ1) is 23.8. The van der Waals surface area contributed by atoms with Crippen molar-refractivity contribution < 1.29 is 14.6 Å². The van der Waals surface area contributed by atoms with Gasteiger partial charge in [-0.25, -0.2) is 4.79 Å². The van der Waals surface area contributed by atoms with Crippen LogP contribution in [0.15, 0.2) is 83.3 Å². The second-order valence-corrected chi connectivity index (χ2v) is 9.49. The minimum absolute atomic E-state index is 0.211. The molecule has 7 heteroatoms. The molecule has 3 aromatic carbocycles. The first-order chi connectivity index (χ1) is 16.0. The van der Waals surface area contributed by atoms with E-state index in [9.17, 15) is 9.90 Å². The molecule has 0 saturated carbocycles. The number of aliphatic hydroxyl groups is 1. The third kappa shape index (κ3) is 6.36. The van der Waals surface area contributed by atoms with Gasteiger partial charge in [0.1, 0.15) is 6.61 Å². The van der Waals surface area contributed by atoms with Crippen LogP contribution >= 0.6 is 27.5 Å². The Morgan fingerprint density at radius 2 is 1.67 bits per heavy atom. The molecule has 1 heterocycles. The summed E-state index contributed by atoms with van der Waals surface area (Å²) in [6.07, 6.45) is -1.09. The molecule has 0 radical (unpaired) electrons. The van der Waals surface area contributed by atoms with Crippen LogP contribution in [-0.4, -0.2) is 46.2 Å². The fourth-order valence-electron chi connectivity index (χ4n) is 4.05. The van der Waals surface area contributed by atoms with Crippen molar-refractivity contribution in [3.8, 4) is 0 Å². The van der Waals surface area contributed by atoms with Crippen LogP contribution in [0, 0.1) is 0 Å². The lowest BCUT2D eigenvalue weighted by atomic mass is 10.1. The fourth-order valence-corrected chi connectivity index (χ4v) is 4.58. The lowest BCUT2D eigenvalue weighted by Gasteiger charge is -2.31. The van der Waals surface area contributed by atoms with E-state index in [4.69, 9.17) is 16.3 Å². The number of β-amino-alcohol motifs (C(OH)–C–C–N with tert-alkyl or cyclic N) is 1. The Bertz CT molecular complexity index is 1060. The SMILES string of the molecule is O=C(OCc1ccccc1)N1C[C@@H](O)[C@H](N(Cc2ccc(Cl)cc2)Cc2ccccc2Br)C1. The van der Waals surface area contributed by atoms with E-state index in [1.54, 1.807) is 4.90 Å². The van der Waals surface area contributed by atoms with E-state index in [-0.39, 0.29) is 19.2 Å². The lowest BCUT2D eigenvalue weighted by Crippen LogP contribution is -2.42. The summed E-state index contributed by atoms with van der Waals surface area (Å²) in [4.78, 5) is 16.5.